The Labute approximate surface area is 227 Å². The topological polar surface area (TPSA) is 120 Å². The SMILES string of the molecule is CC(C)[C@H](N)C(=O)OC[C@@H](NC(=O)N1CCc2cnc(CC3CCOCC3)nc2C1)c1ccc(F)c(Cl)c1. The second-order valence-corrected chi connectivity index (χ2v) is 10.7. The molecule has 0 aliphatic carbocycles. The van der Waals surface area contributed by atoms with E-state index in [9.17, 15) is 14.0 Å². The fourth-order valence-corrected chi connectivity index (χ4v) is 4.74. The third kappa shape index (κ3) is 7.18. The number of rotatable bonds is 8. The summed E-state index contributed by atoms with van der Waals surface area (Å²) in [5.74, 6) is 0.0172. The summed E-state index contributed by atoms with van der Waals surface area (Å²) in [5.41, 5.74) is 8.28. The number of carbonyl (C=O) groups excluding carboxylic acids is 2. The molecule has 0 bridgehead atoms. The lowest BCUT2D eigenvalue weighted by Gasteiger charge is -2.30. The molecule has 0 saturated carbocycles. The smallest absolute Gasteiger partial charge is 0.323 e. The minimum absolute atomic E-state index is 0.0902. The van der Waals surface area contributed by atoms with E-state index in [4.69, 9.17) is 31.8 Å². The molecule has 1 fully saturated rings. The second kappa shape index (κ2) is 12.8. The Bertz CT molecular complexity index is 1140. The van der Waals surface area contributed by atoms with Crippen molar-refractivity contribution in [1.29, 1.82) is 0 Å². The number of carbonyl (C=O) groups is 2. The fraction of sp³-hybridized carbons (Fsp3) is 0.556. The van der Waals surface area contributed by atoms with Crippen molar-refractivity contribution in [3.8, 4) is 0 Å². The van der Waals surface area contributed by atoms with Crippen LogP contribution in [0, 0.1) is 17.7 Å². The second-order valence-electron chi connectivity index (χ2n) is 10.3. The number of halogens is 2. The van der Waals surface area contributed by atoms with Gasteiger partial charge < -0.3 is 25.4 Å². The standard InChI is InChI=1S/C27H35ClFN5O4/c1-16(2)25(30)26(35)38-15-23(18-3-4-21(29)20(28)12-18)33-27(36)34-8-5-19-13-31-24(32-22(19)14-34)11-17-6-9-37-10-7-17/h3-4,12-13,16-17,23,25H,5-11,14-15,30H2,1-2H3,(H,33,36)/t23-,25+/m1/s1. The summed E-state index contributed by atoms with van der Waals surface area (Å²) in [6, 6.07) is 2.24. The van der Waals surface area contributed by atoms with Gasteiger partial charge in [-0.15, -0.1) is 0 Å². The minimum atomic E-state index is -0.795. The summed E-state index contributed by atoms with van der Waals surface area (Å²) >= 11 is 5.99. The largest absolute Gasteiger partial charge is 0.462 e. The van der Waals surface area contributed by atoms with Crippen LogP contribution < -0.4 is 11.1 Å². The molecule has 1 aromatic carbocycles. The highest BCUT2D eigenvalue weighted by Crippen LogP contribution is 2.24. The highest BCUT2D eigenvalue weighted by Gasteiger charge is 2.27. The van der Waals surface area contributed by atoms with Gasteiger partial charge in [-0.05, 0) is 54.4 Å². The lowest BCUT2D eigenvalue weighted by molar-refractivity contribution is -0.147. The highest BCUT2D eigenvalue weighted by molar-refractivity contribution is 6.30. The molecule has 2 aliphatic rings. The van der Waals surface area contributed by atoms with Crippen LogP contribution in [0.15, 0.2) is 24.4 Å². The van der Waals surface area contributed by atoms with Crippen LogP contribution in [-0.2, 0) is 33.7 Å². The molecule has 3 heterocycles. The van der Waals surface area contributed by atoms with E-state index in [0.29, 0.717) is 31.0 Å². The average molecular weight is 548 g/mol. The Kier molecular flexibility index (Phi) is 9.51. The molecule has 0 radical (unpaired) electrons. The molecule has 38 heavy (non-hydrogen) atoms. The van der Waals surface area contributed by atoms with Crippen molar-refractivity contribution >= 4 is 23.6 Å². The molecule has 1 aromatic heterocycles. The number of nitrogens with two attached hydrogens (primary N) is 1. The summed E-state index contributed by atoms with van der Waals surface area (Å²) in [4.78, 5) is 36.7. The number of nitrogens with zero attached hydrogens (tertiary/aromatic N) is 3. The van der Waals surface area contributed by atoms with E-state index < -0.39 is 23.9 Å². The summed E-state index contributed by atoms with van der Waals surface area (Å²) in [6.45, 7) is 5.81. The van der Waals surface area contributed by atoms with Gasteiger partial charge >= 0.3 is 12.0 Å². The third-order valence-corrected chi connectivity index (χ3v) is 7.41. The number of aromatic nitrogens is 2. The van der Waals surface area contributed by atoms with Crippen LogP contribution >= 0.6 is 11.6 Å². The van der Waals surface area contributed by atoms with Gasteiger partial charge in [0.05, 0.1) is 23.3 Å². The first-order valence-corrected chi connectivity index (χ1v) is 13.4. The lowest BCUT2D eigenvalue weighted by Crippen LogP contribution is -2.46. The molecule has 4 rings (SSSR count). The van der Waals surface area contributed by atoms with Crippen LogP contribution in [-0.4, -0.2) is 59.3 Å². The van der Waals surface area contributed by atoms with Gasteiger partial charge in [0.1, 0.15) is 24.3 Å². The van der Waals surface area contributed by atoms with Crippen LogP contribution in [0.2, 0.25) is 5.02 Å². The van der Waals surface area contributed by atoms with Crippen LogP contribution in [0.3, 0.4) is 0 Å². The number of esters is 1. The number of benzene rings is 1. The van der Waals surface area contributed by atoms with E-state index in [1.807, 2.05) is 20.0 Å². The zero-order valence-corrected chi connectivity index (χ0v) is 22.5. The molecule has 2 aromatic rings. The molecular formula is C27H35ClFN5O4. The van der Waals surface area contributed by atoms with Gasteiger partial charge in [-0.3, -0.25) is 4.79 Å². The number of urea groups is 1. The number of fused-ring (bicyclic) bond motifs is 1. The molecule has 2 aliphatic heterocycles. The molecule has 0 unspecified atom stereocenters. The first kappa shape index (κ1) is 28.2. The van der Waals surface area contributed by atoms with Crippen LogP contribution in [0.4, 0.5) is 9.18 Å². The van der Waals surface area contributed by atoms with Gasteiger partial charge in [0.15, 0.2) is 0 Å². The molecule has 3 N–H and O–H groups in total. The average Bonchev–Trinajstić information content (AvgIpc) is 2.92. The molecule has 11 heteroatoms. The molecule has 1 saturated heterocycles. The Morgan fingerprint density at radius 3 is 2.79 bits per heavy atom. The van der Waals surface area contributed by atoms with Crippen molar-refractivity contribution in [3.63, 3.8) is 0 Å². The maximum atomic E-state index is 13.8. The Morgan fingerprint density at radius 1 is 1.32 bits per heavy atom. The normalized spacial score (nSPS) is 17.6. The molecule has 0 spiro atoms. The van der Waals surface area contributed by atoms with Crippen molar-refractivity contribution in [2.75, 3.05) is 26.4 Å². The number of hydrogen-bond acceptors (Lipinski definition) is 7. The van der Waals surface area contributed by atoms with E-state index in [1.54, 1.807) is 4.90 Å². The first-order chi connectivity index (χ1) is 18.2. The molecule has 2 atom stereocenters. The van der Waals surface area contributed by atoms with Crippen molar-refractivity contribution in [2.24, 2.45) is 17.6 Å². The molecular weight excluding hydrogens is 513 g/mol. The first-order valence-electron chi connectivity index (χ1n) is 13.0. The minimum Gasteiger partial charge on any atom is -0.462 e. The predicted octanol–water partition coefficient (Wildman–Crippen LogP) is 3.57. The van der Waals surface area contributed by atoms with Crippen LogP contribution in [0.1, 0.15) is 55.4 Å². The molecule has 206 valence electrons. The number of amides is 2. The van der Waals surface area contributed by atoms with Gasteiger partial charge in [0, 0.05) is 32.4 Å². The van der Waals surface area contributed by atoms with E-state index in [-0.39, 0.29) is 23.6 Å². The van der Waals surface area contributed by atoms with Gasteiger partial charge in [0.25, 0.3) is 0 Å². The summed E-state index contributed by atoms with van der Waals surface area (Å²) in [6.07, 6.45) is 5.28. The fourth-order valence-electron chi connectivity index (χ4n) is 4.55. The summed E-state index contributed by atoms with van der Waals surface area (Å²) in [5, 5.41) is 2.82. The zero-order chi connectivity index (χ0) is 27.2. The monoisotopic (exact) mass is 547 g/mol. The summed E-state index contributed by atoms with van der Waals surface area (Å²) in [7, 11) is 0. The van der Waals surface area contributed by atoms with Crippen molar-refractivity contribution in [2.45, 2.75) is 58.2 Å². The number of hydrogen-bond donors (Lipinski definition) is 2. The quantitative estimate of drug-likeness (QED) is 0.485. The van der Waals surface area contributed by atoms with E-state index in [1.165, 1.54) is 18.2 Å². The van der Waals surface area contributed by atoms with Gasteiger partial charge in [-0.1, -0.05) is 31.5 Å². The van der Waals surface area contributed by atoms with E-state index >= 15 is 0 Å². The molecule has 2 amide bonds. The van der Waals surface area contributed by atoms with Crippen LogP contribution in [0.25, 0.3) is 0 Å². The van der Waals surface area contributed by atoms with Crippen molar-refractivity contribution in [3.05, 3.63) is 57.9 Å². The van der Waals surface area contributed by atoms with Gasteiger partial charge in [-0.25, -0.2) is 19.2 Å². The Morgan fingerprint density at radius 2 is 2.08 bits per heavy atom. The van der Waals surface area contributed by atoms with E-state index in [0.717, 1.165) is 49.6 Å². The maximum Gasteiger partial charge on any atom is 0.323 e. The zero-order valence-electron chi connectivity index (χ0n) is 21.8. The third-order valence-electron chi connectivity index (χ3n) is 7.12. The number of nitrogens with one attached hydrogen (secondary N) is 1. The molecule has 9 nitrogen and oxygen atoms in total. The Hall–Kier alpha value is -2.82. The number of ether oxygens (including phenoxy) is 2. The highest BCUT2D eigenvalue weighted by atomic mass is 35.5. The van der Waals surface area contributed by atoms with Crippen molar-refractivity contribution < 1.29 is 23.5 Å². The lowest BCUT2D eigenvalue weighted by atomic mass is 9.96. The maximum absolute atomic E-state index is 13.8. The Balaban J connectivity index is 1.44. The van der Waals surface area contributed by atoms with Crippen LogP contribution in [0.5, 0.6) is 0 Å². The van der Waals surface area contributed by atoms with Crippen molar-refractivity contribution in [1.82, 2.24) is 20.2 Å². The predicted molar refractivity (Wildman–Crippen MR) is 140 cm³/mol. The van der Waals surface area contributed by atoms with Gasteiger partial charge in [-0.2, -0.15) is 0 Å². The van der Waals surface area contributed by atoms with E-state index in [2.05, 4.69) is 10.3 Å². The summed E-state index contributed by atoms with van der Waals surface area (Å²) < 4.78 is 24.7. The van der Waals surface area contributed by atoms with Gasteiger partial charge in [0.2, 0.25) is 0 Å².